The molecule has 2 aliphatic heterocycles. The fourth-order valence-corrected chi connectivity index (χ4v) is 2.85. The first-order chi connectivity index (χ1) is 10.8. The van der Waals surface area contributed by atoms with E-state index in [9.17, 15) is 14.0 Å². The van der Waals surface area contributed by atoms with Gasteiger partial charge in [-0.25, -0.2) is 4.39 Å². The molecule has 1 aromatic rings. The monoisotopic (exact) mass is 320 g/mol. The first-order valence-electron chi connectivity index (χ1n) is 7.36. The molecule has 0 N–H and O–H groups in total. The lowest BCUT2D eigenvalue weighted by Gasteiger charge is -2.36. The summed E-state index contributed by atoms with van der Waals surface area (Å²) < 4.78 is 29.3. The van der Waals surface area contributed by atoms with E-state index in [2.05, 4.69) is 6.58 Å². The Balaban J connectivity index is 1.78. The molecule has 1 aromatic carbocycles. The second-order valence-corrected chi connectivity index (χ2v) is 6.12. The molecular weight excluding hydrogens is 303 g/mol. The van der Waals surface area contributed by atoms with Crippen LogP contribution in [0.1, 0.15) is 25.8 Å². The lowest BCUT2D eigenvalue weighted by molar-refractivity contribution is -0.226. The topological polar surface area (TPSA) is 61.8 Å². The van der Waals surface area contributed by atoms with Crippen molar-refractivity contribution in [1.29, 1.82) is 0 Å². The molecule has 2 atom stereocenters. The van der Waals surface area contributed by atoms with Crippen molar-refractivity contribution < 1.29 is 28.2 Å². The van der Waals surface area contributed by atoms with Crippen LogP contribution in [-0.2, 0) is 25.5 Å². The molecule has 122 valence electrons. The fraction of sp³-hybridized carbons (Fsp3) is 0.412. The van der Waals surface area contributed by atoms with Gasteiger partial charge in [0.2, 0.25) is 5.79 Å². The van der Waals surface area contributed by atoms with Gasteiger partial charge in [0.05, 0.1) is 0 Å². The summed E-state index contributed by atoms with van der Waals surface area (Å²) in [5.41, 5.74) is 0.705. The number of carbonyl (C=O) groups excluding carboxylic acids is 2. The number of hydrogen-bond acceptors (Lipinski definition) is 5. The zero-order valence-corrected chi connectivity index (χ0v) is 12.9. The van der Waals surface area contributed by atoms with E-state index in [4.69, 9.17) is 14.2 Å². The molecule has 3 rings (SSSR count). The van der Waals surface area contributed by atoms with E-state index in [1.165, 1.54) is 18.2 Å². The number of carbonyl (C=O) groups is 2. The first kappa shape index (κ1) is 15.5. The van der Waals surface area contributed by atoms with Gasteiger partial charge in [0.25, 0.3) is 0 Å². The number of halogens is 1. The highest BCUT2D eigenvalue weighted by Crippen LogP contribution is 2.34. The van der Waals surface area contributed by atoms with Crippen LogP contribution in [0, 0.1) is 11.7 Å². The van der Waals surface area contributed by atoms with E-state index >= 15 is 0 Å². The number of benzene rings is 1. The molecule has 5 nitrogen and oxygen atoms in total. The van der Waals surface area contributed by atoms with Gasteiger partial charge in [-0.05, 0) is 36.6 Å². The smallest absolute Gasteiger partial charge is 0.327 e. The molecule has 1 fully saturated rings. The lowest BCUT2D eigenvalue weighted by Crippen LogP contribution is -2.48. The Hall–Kier alpha value is -2.37. The number of ketones is 1. The molecule has 0 aliphatic carbocycles. The van der Waals surface area contributed by atoms with Gasteiger partial charge >= 0.3 is 5.97 Å². The maximum Gasteiger partial charge on any atom is 0.327 e. The van der Waals surface area contributed by atoms with Crippen LogP contribution in [0.2, 0.25) is 0 Å². The maximum atomic E-state index is 13.2. The number of hydrogen-bond donors (Lipinski definition) is 0. The quantitative estimate of drug-likeness (QED) is 0.619. The molecule has 2 unspecified atom stereocenters. The van der Waals surface area contributed by atoms with Crippen LogP contribution in [0.25, 0.3) is 0 Å². The second-order valence-electron chi connectivity index (χ2n) is 6.12. The lowest BCUT2D eigenvalue weighted by atomic mass is 9.91. The Morgan fingerprint density at radius 3 is 2.78 bits per heavy atom. The van der Waals surface area contributed by atoms with Gasteiger partial charge in [-0.2, -0.15) is 0 Å². The summed E-state index contributed by atoms with van der Waals surface area (Å²) in [5.74, 6) is -3.32. The number of fused-ring (bicyclic) bond motifs is 1. The van der Waals surface area contributed by atoms with E-state index in [1.54, 1.807) is 13.8 Å². The molecule has 2 heterocycles. The molecule has 2 aliphatic rings. The Morgan fingerprint density at radius 1 is 1.35 bits per heavy atom. The minimum atomic E-state index is -1.20. The van der Waals surface area contributed by atoms with Gasteiger partial charge in [0.15, 0.2) is 17.8 Å². The Labute approximate surface area is 133 Å². The molecule has 0 spiro atoms. The number of Topliss-reactive ketones (excluding diaryl/α,β-unsaturated/α-hetero) is 1. The predicted octanol–water partition coefficient (Wildman–Crippen LogP) is 2.53. The van der Waals surface area contributed by atoms with Gasteiger partial charge in [-0.1, -0.05) is 6.58 Å². The molecule has 0 saturated carbocycles. The van der Waals surface area contributed by atoms with Crippen LogP contribution in [0.15, 0.2) is 30.5 Å². The molecule has 0 amide bonds. The highest BCUT2D eigenvalue weighted by atomic mass is 19.1. The number of aryl methyl sites for hydroxylation is 1. The van der Waals surface area contributed by atoms with Crippen molar-refractivity contribution >= 4 is 11.8 Å². The minimum absolute atomic E-state index is 0.0600. The molecule has 0 radical (unpaired) electrons. The van der Waals surface area contributed by atoms with Crippen molar-refractivity contribution in [2.24, 2.45) is 5.92 Å². The van der Waals surface area contributed by atoms with Crippen LogP contribution >= 0.6 is 0 Å². The third kappa shape index (κ3) is 2.93. The number of ether oxygens (including phenoxy) is 3. The summed E-state index contributed by atoms with van der Waals surface area (Å²) in [6, 6.07) is 4.14. The van der Waals surface area contributed by atoms with Crippen LogP contribution < -0.4 is 4.74 Å². The Bertz CT molecular complexity index is 674. The number of esters is 1. The van der Waals surface area contributed by atoms with Gasteiger partial charge in [-0.15, -0.1) is 0 Å². The Kier molecular flexibility index (Phi) is 3.62. The first-order valence-corrected chi connectivity index (χ1v) is 7.36. The van der Waals surface area contributed by atoms with Gasteiger partial charge in [-0.3, -0.25) is 9.59 Å². The van der Waals surface area contributed by atoms with Crippen molar-refractivity contribution in [2.75, 3.05) is 0 Å². The highest BCUT2D eigenvalue weighted by molar-refractivity contribution is 6.04. The average molecular weight is 320 g/mol. The largest absolute Gasteiger partial charge is 0.482 e. The second kappa shape index (κ2) is 5.37. The summed E-state index contributed by atoms with van der Waals surface area (Å²) >= 11 is 0. The number of rotatable bonds is 2. The summed E-state index contributed by atoms with van der Waals surface area (Å²) in [4.78, 5) is 24.7. The maximum absolute atomic E-state index is 13.2. The molecule has 6 heteroatoms. The molecule has 0 aromatic heterocycles. The number of cyclic esters (lactones) is 1. The van der Waals surface area contributed by atoms with Crippen molar-refractivity contribution in [3.05, 3.63) is 41.9 Å². The summed E-state index contributed by atoms with van der Waals surface area (Å²) in [7, 11) is 0. The van der Waals surface area contributed by atoms with Crippen molar-refractivity contribution in [2.45, 2.75) is 38.6 Å². The molecule has 0 bridgehead atoms. The minimum Gasteiger partial charge on any atom is -0.482 e. The van der Waals surface area contributed by atoms with Gasteiger partial charge in [0.1, 0.15) is 17.3 Å². The zero-order chi connectivity index (χ0) is 16.8. The van der Waals surface area contributed by atoms with E-state index < -0.39 is 29.6 Å². The summed E-state index contributed by atoms with van der Waals surface area (Å²) in [6.45, 7) is 6.80. The normalized spacial score (nSPS) is 25.7. The van der Waals surface area contributed by atoms with Gasteiger partial charge in [0, 0.05) is 13.8 Å². The standard InChI is InChI=1S/C17H17FO5/c1-9-14(16(20)23-17(2,3)22-9)15(19)13-6-4-10-8-11(18)5-7-12(10)21-13/h5,7-8,13-14H,1,4,6H2,2-3H3. The predicted molar refractivity (Wildman–Crippen MR) is 78.0 cm³/mol. The van der Waals surface area contributed by atoms with E-state index in [1.807, 2.05) is 0 Å². The zero-order valence-electron chi connectivity index (χ0n) is 12.9. The van der Waals surface area contributed by atoms with Crippen LogP contribution in [0.4, 0.5) is 4.39 Å². The van der Waals surface area contributed by atoms with Crippen LogP contribution in [-0.4, -0.2) is 23.6 Å². The molecule has 23 heavy (non-hydrogen) atoms. The molecule has 1 saturated heterocycles. The third-order valence-corrected chi connectivity index (χ3v) is 3.85. The third-order valence-electron chi connectivity index (χ3n) is 3.85. The van der Waals surface area contributed by atoms with Crippen molar-refractivity contribution in [1.82, 2.24) is 0 Å². The highest BCUT2D eigenvalue weighted by Gasteiger charge is 2.46. The Morgan fingerprint density at radius 2 is 2.09 bits per heavy atom. The molecular formula is C17H17FO5. The van der Waals surface area contributed by atoms with E-state index in [0.717, 1.165) is 0 Å². The summed E-state index contributed by atoms with van der Waals surface area (Å²) in [5, 5.41) is 0. The fourth-order valence-electron chi connectivity index (χ4n) is 2.85. The average Bonchev–Trinajstić information content (AvgIpc) is 2.44. The summed E-state index contributed by atoms with van der Waals surface area (Å²) in [6.07, 6.45) is 0.0342. The SMILES string of the molecule is C=C1OC(C)(C)OC(=O)C1C(=O)C1CCc2cc(F)ccc2O1. The van der Waals surface area contributed by atoms with Crippen molar-refractivity contribution in [3.8, 4) is 5.75 Å². The van der Waals surface area contributed by atoms with E-state index in [0.29, 0.717) is 24.2 Å². The van der Waals surface area contributed by atoms with Crippen LogP contribution in [0.3, 0.4) is 0 Å². The van der Waals surface area contributed by atoms with Crippen LogP contribution in [0.5, 0.6) is 5.75 Å². The van der Waals surface area contributed by atoms with Crippen molar-refractivity contribution in [3.63, 3.8) is 0 Å². The van der Waals surface area contributed by atoms with E-state index in [-0.39, 0.29) is 11.6 Å². The van der Waals surface area contributed by atoms with Gasteiger partial charge < -0.3 is 14.2 Å².